The third-order valence-electron chi connectivity index (χ3n) is 3.13. The molecule has 1 aromatic rings. The molecule has 0 atom stereocenters. The molecule has 0 radical (unpaired) electrons. The van der Waals surface area contributed by atoms with Gasteiger partial charge in [-0.25, -0.2) is 0 Å². The fraction of sp³-hybridized carbons (Fsp3) is 0.467. The molecule has 0 spiro atoms. The number of rotatable bonds is 6. The van der Waals surface area contributed by atoms with E-state index in [1.165, 1.54) is 5.56 Å². The van der Waals surface area contributed by atoms with Gasteiger partial charge < -0.3 is 14.8 Å². The molecule has 1 aliphatic heterocycles. The Kier molecular flexibility index (Phi) is 5.24. The summed E-state index contributed by atoms with van der Waals surface area (Å²) in [5.41, 5.74) is 1.20. The van der Waals surface area contributed by atoms with Gasteiger partial charge in [0.05, 0.1) is 0 Å². The van der Waals surface area contributed by atoms with Gasteiger partial charge in [0.15, 0.2) is 0 Å². The zero-order valence-corrected chi connectivity index (χ0v) is 10.7. The molecule has 1 aliphatic rings. The zero-order chi connectivity index (χ0) is 12.6. The second-order valence-electron chi connectivity index (χ2n) is 4.47. The van der Waals surface area contributed by atoms with Gasteiger partial charge in [0, 0.05) is 31.4 Å². The van der Waals surface area contributed by atoms with Gasteiger partial charge in [-0.3, -0.25) is 0 Å². The molecule has 0 saturated carbocycles. The average molecular weight is 247 g/mol. The number of para-hydroxylation sites is 1. The minimum absolute atomic E-state index is 0.550. The SMILES string of the molecule is C=CCOc1ccccc1CNC1CCOCC1. The molecule has 18 heavy (non-hydrogen) atoms. The van der Waals surface area contributed by atoms with Crippen LogP contribution < -0.4 is 10.1 Å². The van der Waals surface area contributed by atoms with Crippen LogP contribution in [0.5, 0.6) is 5.75 Å². The van der Waals surface area contributed by atoms with E-state index in [4.69, 9.17) is 9.47 Å². The molecule has 0 unspecified atom stereocenters. The minimum atomic E-state index is 0.550. The molecular weight excluding hydrogens is 226 g/mol. The van der Waals surface area contributed by atoms with Crippen LogP contribution in [-0.4, -0.2) is 25.9 Å². The Morgan fingerprint density at radius 1 is 1.33 bits per heavy atom. The summed E-state index contributed by atoms with van der Waals surface area (Å²) in [4.78, 5) is 0. The first kappa shape index (κ1) is 13.1. The quantitative estimate of drug-likeness (QED) is 0.784. The third kappa shape index (κ3) is 3.86. The highest BCUT2D eigenvalue weighted by Crippen LogP contribution is 2.18. The maximum Gasteiger partial charge on any atom is 0.124 e. The summed E-state index contributed by atoms with van der Waals surface area (Å²) in [6, 6.07) is 8.71. The number of benzene rings is 1. The smallest absolute Gasteiger partial charge is 0.124 e. The van der Waals surface area contributed by atoms with Crippen molar-refractivity contribution in [2.75, 3.05) is 19.8 Å². The average Bonchev–Trinajstić information content (AvgIpc) is 2.45. The van der Waals surface area contributed by atoms with E-state index in [9.17, 15) is 0 Å². The van der Waals surface area contributed by atoms with Crippen molar-refractivity contribution in [3.63, 3.8) is 0 Å². The summed E-state index contributed by atoms with van der Waals surface area (Å²) in [5, 5.41) is 3.57. The summed E-state index contributed by atoms with van der Waals surface area (Å²) >= 11 is 0. The van der Waals surface area contributed by atoms with Crippen molar-refractivity contribution in [2.45, 2.75) is 25.4 Å². The first-order chi connectivity index (χ1) is 8.90. The summed E-state index contributed by atoms with van der Waals surface area (Å²) in [7, 11) is 0. The van der Waals surface area contributed by atoms with Gasteiger partial charge in [0.1, 0.15) is 12.4 Å². The van der Waals surface area contributed by atoms with Crippen molar-refractivity contribution in [3.8, 4) is 5.75 Å². The molecule has 0 aliphatic carbocycles. The van der Waals surface area contributed by atoms with Gasteiger partial charge in [0.2, 0.25) is 0 Å². The predicted octanol–water partition coefficient (Wildman–Crippen LogP) is 2.52. The largest absolute Gasteiger partial charge is 0.489 e. The van der Waals surface area contributed by atoms with Crippen LogP contribution in [-0.2, 0) is 11.3 Å². The lowest BCUT2D eigenvalue weighted by atomic mass is 10.1. The molecule has 1 heterocycles. The molecule has 0 amide bonds. The second-order valence-corrected chi connectivity index (χ2v) is 4.47. The van der Waals surface area contributed by atoms with E-state index in [-0.39, 0.29) is 0 Å². The van der Waals surface area contributed by atoms with Crippen LogP contribution in [0.2, 0.25) is 0 Å². The van der Waals surface area contributed by atoms with Crippen LogP contribution in [0.1, 0.15) is 18.4 Å². The molecule has 0 aromatic heterocycles. The molecule has 2 rings (SSSR count). The predicted molar refractivity (Wildman–Crippen MR) is 72.8 cm³/mol. The molecule has 3 heteroatoms. The van der Waals surface area contributed by atoms with Gasteiger partial charge in [-0.05, 0) is 18.9 Å². The van der Waals surface area contributed by atoms with Gasteiger partial charge in [-0.15, -0.1) is 0 Å². The van der Waals surface area contributed by atoms with E-state index in [0.29, 0.717) is 12.6 Å². The van der Waals surface area contributed by atoms with E-state index < -0.39 is 0 Å². The van der Waals surface area contributed by atoms with E-state index >= 15 is 0 Å². The van der Waals surface area contributed by atoms with Crippen LogP contribution in [0.3, 0.4) is 0 Å². The lowest BCUT2D eigenvalue weighted by molar-refractivity contribution is 0.0775. The van der Waals surface area contributed by atoms with Gasteiger partial charge in [-0.2, -0.15) is 0 Å². The molecule has 3 nitrogen and oxygen atoms in total. The molecule has 1 N–H and O–H groups in total. The number of ether oxygens (including phenoxy) is 2. The Balaban J connectivity index is 1.88. The van der Waals surface area contributed by atoms with Gasteiger partial charge >= 0.3 is 0 Å². The van der Waals surface area contributed by atoms with Crippen LogP contribution in [0.25, 0.3) is 0 Å². The standard InChI is InChI=1S/C15H21NO2/c1-2-9-18-15-6-4-3-5-13(15)12-16-14-7-10-17-11-8-14/h2-6,14,16H,1,7-12H2. The maximum absolute atomic E-state index is 5.64. The maximum atomic E-state index is 5.64. The Labute approximate surface area is 109 Å². The molecule has 1 fully saturated rings. The van der Waals surface area contributed by atoms with Crippen molar-refractivity contribution < 1.29 is 9.47 Å². The Morgan fingerprint density at radius 3 is 2.89 bits per heavy atom. The molecular formula is C15H21NO2. The van der Waals surface area contributed by atoms with E-state index in [0.717, 1.165) is 38.3 Å². The van der Waals surface area contributed by atoms with Crippen LogP contribution in [0.4, 0.5) is 0 Å². The monoisotopic (exact) mass is 247 g/mol. The first-order valence-electron chi connectivity index (χ1n) is 6.53. The zero-order valence-electron chi connectivity index (χ0n) is 10.7. The fourth-order valence-electron chi connectivity index (χ4n) is 2.10. The molecule has 1 saturated heterocycles. The van der Waals surface area contributed by atoms with Gasteiger partial charge in [-0.1, -0.05) is 30.9 Å². The summed E-state index contributed by atoms with van der Waals surface area (Å²) in [6.07, 6.45) is 3.95. The highest BCUT2D eigenvalue weighted by molar-refractivity contribution is 5.33. The number of nitrogens with one attached hydrogen (secondary N) is 1. The minimum Gasteiger partial charge on any atom is -0.489 e. The van der Waals surface area contributed by atoms with Gasteiger partial charge in [0.25, 0.3) is 0 Å². The van der Waals surface area contributed by atoms with Crippen molar-refractivity contribution >= 4 is 0 Å². The van der Waals surface area contributed by atoms with E-state index in [2.05, 4.69) is 18.0 Å². The Bertz CT molecular complexity index is 373. The molecule has 0 bridgehead atoms. The molecule has 98 valence electrons. The lowest BCUT2D eigenvalue weighted by Gasteiger charge is -2.23. The third-order valence-corrected chi connectivity index (χ3v) is 3.13. The van der Waals surface area contributed by atoms with Crippen LogP contribution in [0.15, 0.2) is 36.9 Å². The Hall–Kier alpha value is -1.32. The second kappa shape index (κ2) is 7.19. The summed E-state index contributed by atoms with van der Waals surface area (Å²) in [5.74, 6) is 0.942. The topological polar surface area (TPSA) is 30.5 Å². The van der Waals surface area contributed by atoms with Crippen LogP contribution in [0, 0.1) is 0 Å². The summed E-state index contributed by atoms with van der Waals surface area (Å²) < 4.78 is 11.0. The molecule has 1 aromatic carbocycles. The Morgan fingerprint density at radius 2 is 2.11 bits per heavy atom. The first-order valence-corrected chi connectivity index (χ1v) is 6.53. The van der Waals surface area contributed by atoms with Crippen molar-refractivity contribution in [1.82, 2.24) is 5.32 Å². The highest BCUT2D eigenvalue weighted by Gasteiger charge is 2.13. The number of hydrogen-bond donors (Lipinski definition) is 1. The summed E-state index contributed by atoms with van der Waals surface area (Å²) in [6.45, 7) is 6.80. The normalized spacial score (nSPS) is 16.4. The highest BCUT2D eigenvalue weighted by atomic mass is 16.5. The van der Waals surface area contributed by atoms with Crippen molar-refractivity contribution in [2.24, 2.45) is 0 Å². The van der Waals surface area contributed by atoms with E-state index in [1.807, 2.05) is 18.2 Å². The van der Waals surface area contributed by atoms with E-state index in [1.54, 1.807) is 6.08 Å². The van der Waals surface area contributed by atoms with Crippen molar-refractivity contribution in [1.29, 1.82) is 0 Å². The fourth-order valence-corrected chi connectivity index (χ4v) is 2.10. The number of hydrogen-bond acceptors (Lipinski definition) is 3. The van der Waals surface area contributed by atoms with Crippen molar-refractivity contribution in [3.05, 3.63) is 42.5 Å². The van der Waals surface area contributed by atoms with Crippen LogP contribution >= 0.6 is 0 Å². The lowest BCUT2D eigenvalue weighted by Crippen LogP contribution is -2.34.